The van der Waals surface area contributed by atoms with Gasteiger partial charge in [0, 0.05) is 17.2 Å². The molecule has 0 amide bonds. The van der Waals surface area contributed by atoms with E-state index in [1.54, 1.807) is 23.7 Å². The highest BCUT2D eigenvalue weighted by atomic mass is 32.2. The first-order valence-electron chi connectivity index (χ1n) is 7.72. The number of Topliss-reactive ketones (excluding diaryl/α,β-unsaturated/α-hetero) is 1. The third kappa shape index (κ3) is 3.77. The summed E-state index contributed by atoms with van der Waals surface area (Å²) in [5.74, 6) is -0.150. The van der Waals surface area contributed by atoms with Gasteiger partial charge in [-0.1, -0.05) is 41.6 Å². The van der Waals surface area contributed by atoms with Crippen LogP contribution < -0.4 is 0 Å². The zero-order chi connectivity index (χ0) is 18.7. The first-order chi connectivity index (χ1) is 12.5. The molecule has 0 radical (unpaired) electrons. The van der Waals surface area contributed by atoms with Gasteiger partial charge in [-0.25, -0.2) is 0 Å². The third-order valence-corrected chi connectivity index (χ3v) is 4.70. The lowest BCUT2D eigenvalue weighted by Gasteiger charge is -2.05. The summed E-state index contributed by atoms with van der Waals surface area (Å²) < 4.78 is 1.55. The SMILES string of the molecule is Cc1ccc(-n2nnnc2SCC(=O)c2ccc(C)c([N+](=O)[O-])c2)cc1. The lowest BCUT2D eigenvalue weighted by Crippen LogP contribution is -2.06. The molecule has 0 aliphatic carbocycles. The molecule has 2 aromatic carbocycles. The van der Waals surface area contributed by atoms with Gasteiger partial charge in [-0.2, -0.15) is 4.68 Å². The standard InChI is InChI=1S/C17H15N5O3S/c1-11-3-7-14(8-4-11)21-17(18-19-20-21)26-10-16(23)13-6-5-12(2)15(9-13)22(24)25/h3-9H,10H2,1-2H3. The maximum atomic E-state index is 12.4. The molecule has 3 rings (SSSR count). The van der Waals surface area contributed by atoms with Crippen LogP contribution >= 0.6 is 11.8 Å². The molecule has 0 aliphatic rings. The van der Waals surface area contributed by atoms with Crippen LogP contribution in [0.2, 0.25) is 0 Å². The molecule has 0 fully saturated rings. The second-order valence-electron chi connectivity index (χ2n) is 5.68. The van der Waals surface area contributed by atoms with Gasteiger partial charge >= 0.3 is 0 Å². The molecule has 0 unspecified atom stereocenters. The van der Waals surface area contributed by atoms with E-state index in [0.717, 1.165) is 11.3 Å². The molecule has 0 atom stereocenters. The molecule has 26 heavy (non-hydrogen) atoms. The van der Waals surface area contributed by atoms with E-state index >= 15 is 0 Å². The van der Waals surface area contributed by atoms with Gasteiger partial charge in [0.25, 0.3) is 5.69 Å². The summed E-state index contributed by atoms with van der Waals surface area (Å²) in [6, 6.07) is 12.1. The predicted molar refractivity (Wildman–Crippen MR) is 96.8 cm³/mol. The van der Waals surface area contributed by atoms with Crippen molar-refractivity contribution in [1.82, 2.24) is 20.2 Å². The molecular formula is C17H15N5O3S. The van der Waals surface area contributed by atoms with Crippen molar-refractivity contribution in [3.8, 4) is 5.69 Å². The Kier molecular flexibility index (Phi) is 5.08. The van der Waals surface area contributed by atoms with E-state index in [1.165, 1.54) is 17.8 Å². The molecule has 8 nitrogen and oxygen atoms in total. The van der Waals surface area contributed by atoms with Gasteiger partial charge in [-0.05, 0) is 36.4 Å². The molecule has 0 bridgehead atoms. The number of rotatable bonds is 6. The Morgan fingerprint density at radius 1 is 1.19 bits per heavy atom. The molecule has 132 valence electrons. The highest BCUT2D eigenvalue weighted by Crippen LogP contribution is 2.23. The number of nitro groups is 1. The van der Waals surface area contributed by atoms with Crippen LogP contribution in [0.5, 0.6) is 0 Å². The van der Waals surface area contributed by atoms with Crippen molar-refractivity contribution < 1.29 is 9.72 Å². The Balaban J connectivity index is 1.75. The number of hydrogen-bond donors (Lipinski definition) is 0. The fraction of sp³-hybridized carbons (Fsp3) is 0.176. The lowest BCUT2D eigenvalue weighted by atomic mass is 10.1. The molecule has 0 N–H and O–H groups in total. The minimum atomic E-state index is -0.489. The largest absolute Gasteiger partial charge is 0.293 e. The number of aromatic nitrogens is 4. The lowest BCUT2D eigenvalue weighted by molar-refractivity contribution is -0.385. The van der Waals surface area contributed by atoms with Crippen molar-refractivity contribution in [2.24, 2.45) is 0 Å². The summed E-state index contributed by atoms with van der Waals surface area (Å²) in [7, 11) is 0. The summed E-state index contributed by atoms with van der Waals surface area (Å²) in [6.45, 7) is 3.62. The molecule has 0 aliphatic heterocycles. The summed E-state index contributed by atoms with van der Waals surface area (Å²) in [4.78, 5) is 22.9. The number of nitro benzene ring substituents is 1. The molecular weight excluding hydrogens is 354 g/mol. The summed E-state index contributed by atoms with van der Waals surface area (Å²) >= 11 is 1.18. The number of hydrogen-bond acceptors (Lipinski definition) is 7. The van der Waals surface area contributed by atoms with Crippen LogP contribution in [-0.4, -0.2) is 36.7 Å². The van der Waals surface area contributed by atoms with E-state index in [9.17, 15) is 14.9 Å². The molecule has 0 saturated heterocycles. The average Bonchev–Trinajstić information content (AvgIpc) is 3.09. The van der Waals surface area contributed by atoms with Gasteiger partial charge in [0.1, 0.15) is 0 Å². The van der Waals surface area contributed by atoms with Crippen LogP contribution in [0.25, 0.3) is 5.69 Å². The Morgan fingerprint density at radius 3 is 2.62 bits per heavy atom. The Bertz CT molecular complexity index is 969. The van der Waals surface area contributed by atoms with Crippen molar-refractivity contribution >= 4 is 23.2 Å². The molecule has 1 heterocycles. The Morgan fingerprint density at radius 2 is 1.92 bits per heavy atom. The van der Waals surface area contributed by atoms with Crippen molar-refractivity contribution in [1.29, 1.82) is 0 Å². The molecule has 0 spiro atoms. The summed E-state index contributed by atoms with van der Waals surface area (Å²) in [5.41, 5.74) is 2.66. The highest BCUT2D eigenvalue weighted by molar-refractivity contribution is 7.99. The number of carbonyl (C=O) groups excluding carboxylic acids is 1. The fourth-order valence-corrected chi connectivity index (χ4v) is 3.10. The highest BCUT2D eigenvalue weighted by Gasteiger charge is 2.17. The number of nitrogens with zero attached hydrogens (tertiary/aromatic N) is 5. The maximum Gasteiger partial charge on any atom is 0.273 e. The van der Waals surface area contributed by atoms with Gasteiger partial charge < -0.3 is 0 Å². The normalized spacial score (nSPS) is 10.7. The third-order valence-electron chi connectivity index (χ3n) is 3.78. The van der Waals surface area contributed by atoms with Crippen molar-refractivity contribution in [3.05, 3.63) is 69.3 Å². The summed E-state index contributed by atoms with van der Waals surface area (Å²) in [6.07, 6.45) is 0. The number of carbonyl (C=O) groups is 1. The van der Waals surface area contributed by atoms with E-state index in [-0.39, 0.29) is 17.2 Å². The molecule has 9 heteroatoms. The van der Waals surface area contributed by atoms with Crippen LogP contribution in [0.4, 0.5) is 5.69 Å². The van der Waals surface area contributed by atoms with Gasteiger partial charge in [0.05, 0.1) is 16.4 Å². The van der Waals surface area contributed by atoms with E-state index < -0.39 is 4.92 Å². The van der Waals surface area contributed by atoms with Crippen LogP contribution in [-0.2, 0) is 0 Å². The van der Waals surface area contributed by atoms with E-state index in [2.05, 4.69) is 15.5 Å². The summed E-state index contributed by atoms with van der Waals surface area (Å²) in [5, 5.41) is 23.1. The maximum absolute atomic E-state index is 12.4. The minimum Gasteiger partial charge on any atom is -0.293 e. The minimum absolute atomic E-state index is 0.0645. The topological polar surface area (TPSA) is 104 Å². The van der Waals surface area contributed by atoms with Gasteiger partial charge in [0.15, 0.2) is 5.78 Å². The predicted octanol–water partition coefficient (Wildman–Crippen LogP) is 3.16. The first-order valence-corrected chi connectivity index (χ1v) is 8.71. The van der Waals surface area contributed by atoms with E-state index in [0.29, 0.717) is 16.3 Å². The number of aryl methyl sites for hydroxylation is 2. The Labute approximate surface area is 153 Å². The Hall–Kier alpha value is -3.07. The van der Waals surface area contributed by atoms with E-state index in [1.807, 2.05) is 31.2 Å². The smallest absolute Gasteiger partial charge is 0.273 e. The van der Waals surface area contributed by atoms with E-state index in [4.69, 9.17) is 0 Å². The van der Waals surface area contributed by atoms with Crippen LogP contribution in [0, 0.1) is 24.0 Å². The zero-order valence-corrected chi connectivity index (χ0v) is 14.9. The fourth-order valence-electron chi connectivity index (χ4n) is 2.31. The second kappa shape index (κ2) is 7.44. The number of thioether (sulfide) groups is 1. The van der Waals surface area contributed by atoms with Crippen LogP contribution in [0.3, 0.4) is 0 Å². The average molecular weight is 369 g/mol. The molecule has 1 aromatic heterocycles. The van der Waals surface area contributed by atoms with Crippen molar-refractivity contribution in [2.45, 2.75) is 19.0 Å². The van der Waals surface area contributed by atoms with Gasteiger partial charge in [0.2, 0.25) is 5.16 Å². The number of tetrazole rings is 1. The van der Waals surface area contributed by atoms with Gasteiger partial charge in [-0.3, -0.25) is 14.9 Å². The van der Waals surface area contributed by atoms with Crippen LogP contribution in [0.15, 0.2) is 47.6 Å². The second-order valence-corrected chi connectivity index (χ2v) is 6.62. The molecule has 3 aromatic rings. The van der Waals surface area contributed by atoms with Crippen molar-refractivity contribution in [2.75, 3.05) is 5.75 Å². The number of benzene rings is 2. The van der Waals surface area contributed by atoms with Crippen molar-refractivity contribution in [3.63, 3.8) is 0 Å². The van der Waals surface area contributed by atoms with Gasteiger partial charge in [-0.15, -0.1) is 5.10 Å². The number of ketones is 1. The molecule has 0 saturated carbocycles. The first kappa shape index (κ1) is 17.7. The quantitative estimate of drug-likeness (QED) is 0.284. The zero-order valence-electron chi connectivity index (χ0n) is 14.1. The van der Waals surface area contributed by atoms with Crippen LogP contribution in [0.1, 0.15) is 21.5 Å². The monoisotopic (exact) mass is 369 g/mol.